The maximum atomic E-state index is 16.2. The normalized spacial score (nSPS) is 12.5. The first-order chi connectivity index (χ1) is 23.4. The lowest BCUT2D eigenvalue weighted by Crippen LogP contribution is -2.48. The van der Waals surface area contributed by atoms with Gasteiger partial charge >= 0.3 is 23.5 Å². The number of hydrogen-bond acceptors (Lipinski definition) is 10. The SMILES string of the molecule is CC(C)(C)OC(=O)n1c(=O)c2cc(Cn3c4cc(F)c5ccoc5c4c4c5cccnc5oc(=O)c43)c(F)cc2n(C(=O)OC(C)(C)C)c1=O. The molecule has 7 aromatic rings. The van der Waals surface area contributed by atoms with Crippen LogP contribution in [0.5, 0.6) is 0 Å². The summed E-state index contributed by atoms with van der Waals surface area (Å²) in [6, 6.07) is 7.69. The largest absolute Gasteiger partial charge is 0.463 e. The van der Waals surface area contributed by atoms with Crippen LogP contribution in [0.4, 0.5) is 18.4 Å². The van der Waals surface area contributed by atoms with Gasteiger partial charge in [0, 0.05) is 22.5 Å². The smallest absolute Gasteiger partial charge is 0.425 e. The first-order valence-electron chi connectivity index (χ1n) is 15.3. The van der Waals surface area contributed by atoms with E-state index in [1.807, 2.05) is 0 Å². The minimum atomic E-state index is -1.43. The van der Waals surface area contributed by atoms with E-state index < -0.39 is 69.3 Å². The number of ether oxygens (including phenoxy) is 2. The van der Waals surface area contributed by atoms with Crippen molar-refractivity contribution in [2.45, 2.75) is 59.3 Å². The topological polar surface area (TPSA) is 158 Å². The number of furan rings is 1. The fourth-order valence-corrected chi connectivity index (χ4v) is 5.96. The number of pyridine rings is 1. The van der Waals surface area contributed by atoms with Crippen LogP contribution in [0.2, 0.25) is 0 Å². The zero-order valence-electron chi connectivity index (χ0n) is 27.5. The van der Waals surface area contributed by atoms with Crippen molar-refractivity contribution in [1.82, 2.24) is 18.7 Å². The van der Waals surface area contributed by atoms with Crippen molar-refractivity contribution in [3.8, 4) is 0 Å². The predicted octanol–water partition coefficient (Wildman–Crippen LogP) is 6.41. The van der Waals surface area contributed by atoms with E-state index in [1.54, 1.807) is 12.1 Å². The summed E-state index contributed by atoms with van der Waals surface area (Å²) in [5.41, 5.74) is -6.31. The lowest BCUT2D eigenvalue weighted by molar-refractivity contribution is 0.0499. The molecule has 0 spiro atoms. The van der Waals surface area contributed by atoms with Crippen molar-refractivity contribution in [3.63, 3.8) is 0 Å². The highest BCUT2D eigenvalue weighted by Gasteiger charge is 2.30. The lowest BCUT2D eigenvalue weighted by Gasteiger charge is -2.22. The summed E-state index contributed by atoms with van der Waals surface area (Å²) in [7, 11) is 0. The van der Waals surface area contributed by atoms with Gasteiger partial charge in [0.25, 0.3) is 5.56 Å². The predicted molar refractivity (Wildman–Crippen MR) is 178 cm³/mol. The quantitative estimate of drug-likeness (QED) is 0.199. The van der Waals surface area contributed by atoms with Crippen LogP contribution in [0, 0.1) is 11.6 Å². The Labute approximate surface area is 278 Å². The second kappa shape index (κ2) is 10.9. The fourth-order valence-electron chi connectivity index (χ4n) is 5.96. The Morgan fingerprint density at radius 2 is 1.48 bits per heavy atom. The van der Waals surface area contributed by atoms with E-state index in [0.29, 0.717) is 20.7 Å². The van der Waals surface area contributed by atoms with Crippen molar-refractivity contribution < 1.29 is 36.7 Å². The van der Waals surface area contributed by atoms with Crippen LogP contribution in [-0.2, 0) is 16.0 Å². The Hall–Kier alpha value is -6.12. The molecule has 5 aromatic heterocycles. The van der Waals surface area contributed by atoms with Gasteiger partial charge in [0.2, 0.25) is 5.71 Å². The van der Waals surface area contributed by atoms with E-state index in [4.69, 9.17) is 18.3 Å². The van der Waals surface area contributed by atoms with Crippen LogP contribution in [0.1, 0.15) is 47.1 Å². The molecule has 256 valence electrons. The van der Waals surface area contributed by atoms with Crippen molar-refractivity contribution >= 4 is 67.0 Å². The van der Waals surface area contributed by atoms with Crippen LogP contribution < -0.4 is 16.9 Å². The van der Waals surface area contributed by atoms with Crippen LogP contribution in [0.15, 0.2) is 72.1 Å². The van der Waals surface area contributed by atoms with E-state index in [-0.39, 0.29) is 37.8 Å². The Morgan fingerprint density at radius 3 is 2.16 bits per heavy atom. The van der Waals surface area contributed by atoms with E-state index >= 15 is 8.78 Å². The van der Waals surface area contributed by atoms with Crippen molar-refractivity contribution in [2.24, 2.45) is 0 Å². The maximum absolute atomic E-state index is 16.2. The van der Waals surface area contributed by atoms with Gasteiger partial charge in [-0.25, -0.2) is 32.9 Å². The summed E-state index contributed by atoms with van der Waals surface area (Å²) < 4.78 is 55.3. The van der Waals surface area contributed by atoms with Gasteiger partial charge in [-0.3, -0.25) is 4.79 Å². The number of carbonyl (C=O) groups excluding carboxylic acids is 2. The minimum absolute atomic E-state index is 0.00720. The van der Waals surface area contributed by atoms with Crippen molar-refractivity contribution in [1.29, 1.82) is 0 Å². The highest BCUT2D eigenvalue weighted by molar-refractivity contribution is 6.25. The zero-order valence-corrected chi connectivity index (χ0v) is 27.5. The first kappa shape index (κ1) is 32.4. The number of rotatable bonds is 2. The highest BCUT2D eigenvalue weighted by Crippen LogP contribution is 2.39. The van der Waals surface area contributed by atoms with E-state index in [0.717, 1.165) is 12.1 Å². The molecule has 0 fully saturated rings. The van der Waals surface area contributed by atoms with Gasteiger partial charge in [0.05, 0.1) is 40.0 Å². The average Bonchev–Trinajstić information content (AvgIpc) is 3.61. The van der Waals surface area contributed by atoms with Gasteiger partial charge in [-0.2, -0.15) is 9.13 Å². The van der Waals surface area contributed by atoms with E-state index in [9.17, 15) is 24.0 Å². The number of benzene rings is 2. The van der Waals surface area contributed by atoms with Crippen molar-refractivity contribution in [3.05, 3.63) is 97.3 Å². The van der Waals surface area contributed by atoms with Crippen LogP contribution in [0.3, 0.4) is 0 Å². The summed E-state index contributed by atoms with van der Waals surface area (Å²) in [6.07, 6.45) is 0.0703. The Morgan fingerprint density at radius 1 is 0.820 bits per heavy atom. The monoisotopic (exact) mass is 686 g/mol. The third-order valence-electron chi connectivity index (χ3n) is 7.84. The van der Waals surface area contributed by atoms with Crippen LogP contribution in [-0.4, -0.2) is 42.1 Å². The highest BCUT2D eigenvalue weighted by atomic mass is 19.1. The van der Waals surface area contributed by atoms with Gasteiger partial charge in [-0.15, -0.1) is 0 Å². The summed E-state index contributed by atoms with van der Waals surface area (Å²) in [5.74, 6) is -1.69. The van der Waals surface area contributed by atoms with Gasteiger partial charge in [0.15, 0.2) is 0 Å². The van der Waals surface area contributed by atoms with Crippen molar-refractivity contribution in [2.75, 3.05) is 0 Å². The lowest BCUT2D eigenvalue weighted by atomic mass is 10.1. The third-order valence-corrected chi connectivity index (χ3v) is 7.84. The second-order valence-electron chi connectivity index (χ2n) is 13.7. The van der Waals surface area contributed by atoms with Crippen LogP contribution in [0.25, 0.3) is 54.8 Å². The summed E-state index contributed by atoms with van der Waals surface area (Å²) in [5, 5.41) is 0.753. The molecule has 0 bridgehead atoms. The Kier molecular flexibility index (Phi) is 7.10. The molecule has 0 amide bonds. The molecule has 0 saturated heterocycles. The summed E-state index contributed by atoms with van der Waals surface area (Å²) in [6.45, 7) is 8.64. The summed E-state index contributed by atoms with van der Waals surface area (Å²) >= 11 is 0. The molecule has 13 nitrogen and oxygen atoms in total. The maximum Gasteiger partial charge on any atom is 0.425 e. The van der Waals surface area contributed by atoms with Gasteiger partial charge in [-0.1, -0.05) is 0 Å². The number of hydrogen-bond donors (Lipinski definition) is 0. The molecule has 15 heteroatoms. The van der Waals surface area contributed by atoms with E-state index in [1.165, 1.54) is 70.7 Å². The molecule has 0 unspecified atom stereocenters. The average molecular weight is 687 g/mol. The minimum Gasteiger partial charge on any atom is -0.463 e. The van der Waals surface area contributed by atoms with Gasteiger partial charge in [-0.05, 0) is 77.9 Å². The molecular weight excluding hydrogens is 658 g/mol. The number of nitrogens with zero attached hydrogens (tertiary/aromatic N) is 4. The molecule has 5 heterocycles. The van der Waals surface area contributed by atoms with Gasteiger partial charge < -0.3 is 22.9 Å². The third kappa shape index (κ3) is 5.12. The number of halogens is 2. The molecular formula is C35H28F2N4O9. The van der Waals surface area contributed by atoms with E-state index in [2.05, 4.69) is 4.98 Å². The molecule has 0 N–H and O–H groups in total. The molecule has 2 aromatic carbocycles. The number of aromatic nitrogens is 4. The zero-order chi connectivity index (χ0) is 36.0. The molecule has 0 radical (unpaired) electrons. The summed E-state index contributed by atoms with van der Waals surface area (Å²) in [4.78, 5) is 71.6. The second-order valence-corrected chi connectivity index (χ2v) is 13.7. The Bertz CT molecular complexity index is 2790. The standard InChI is InChI=1S/C35H28F2N4O9/c1-34(2,3)49-32(45)40-22-13-20(36)16(12-19(22)29(42)41(31(40)44)33(46)50-35(4,5)6)15-39-23-14-21(37)17-9-11-47-27(17)25(23)24-18-8-7-10-38-28(18)48-30(43)26(24)39/h7-14H,15H2,1-6H3. The Balaban J connectivity index is 1.54. The number of fused-ring (bicyclic) bond motifs is 8. The molecule has 0 atom stereocenters. The molecule has 0 saturated carbocycles. The molecule has 0 aliphatic heterocycles. The molecule has 7 rings (SSSR count). The molecule has 0 aliphatic carbocycles. The fraction of sp³-hybridized carbons (Fsp3) is 0.257. The van der Waals surface area contributed by atoms with Crippen LogP contribution >= 0.6 is 0 Å². The molecule has 50 heavy (non-hydrogen) atoms. The molecule has 0 aliphatic rings. The first-order valence-corrected chi connectivity index (χ1v) is 15.3. The van der Waals surface area contributed by atoms with Gasteiger partial charge in [0.1, 0.15) is 33.9 Å². The number of carbonyl (C=O) groups is 2.